The maximum atomic E-state index is 12.7. The molecule has 0 aromatic heterocycles. The molecule has 1 atom stereocenters. The second-order valence-corrected chi connectivity index (χ2v) is 4.69. The molecule has 98 valence electrons. The van der Waals surface area contributed by atoms with Crippen molar-refractivity contribution in [2.24, 2.45) is 10.7 Å². The van der Waals surface area contributed by atoms with Crippen molar-refractivity contribution in [3.05, 3.63) is 35.4 Å². The highest BCUT2D eigenvalue weighted by atomic mass is 19.3. The Morgan fingerprint density at radius 2 is 2.11 bits per heavy atom. The Balaban J connectivity index is 2.29. The van der Waals surface area contributed by atoms with E-state index in [0.29, 0.717) is 12.5 Å². The summed E-state index contributed by atoms with van der Waals surface area (Å²) in [6, 6.07) is 6.63. The molecule has 18 heavy (non-hydrogen) atoms. The fraction of sp³-hybridized carbons (Fsp3) is 0.462. The van der Waals surface area contributed by atoms with Crippen molar-refractivity contribution < 1.29 is 8.78 Å². The van der Waals surface area contributed by atoms with E-state index in [0.717, 1.165) is 5.56 Å². The van der Waals surface area contributed by atoms with Crippen LogP contribution in [0.4, 0.5) is 8.78 Å². The van der Waals surface area contributed by atoms with Crippen molar-refractivity contribution in [1.29, 1.82) is 0 Å². The summed E-state index contributed by atoms with van der Waals surface area (Å²) in [6.45, 7) is 4.55. The van der Waals surface area contributed by atoms with E-state index >= 15 is 0 Å². The minimum Gasteiger partial charge on any atom is -0.370 e. The lowest BCUT2D eigenvalue weighted by Crippen LogP contribution is -2.40. The molecule has 2 N–H and O–H groups in total. The summed E-state index contributed by atoms with van der Waals surface area (Å²) in [6.07, 6.45) is -2.45. The average molecular weight is 253 g/mol. The van der Waals surface area contributed by atoms with Crippen LogP contribution in [0.15, 0.2) is 29.3 Å². The highest BCUT2D eigenvalue weighted by Gasteiger charge is 2.29. The SMILES string of the molecule is CC(C)N1C(N)=NCC1c1cccc(C(F)F)c1. The van der Waals surface area contributed by atoms with E-state index in [1.807, 2.05) is 24.8 Å². The lowest BCUT2D eigenvalue weighted by atomic mass is 10.0. The number of alkyl halides is 2. The Kier molecular flexibility index (Phi) is 3.50. The predicted octanol–water partition coefficient (Wildman–Crippen LogP) is 2.70. The average Bonchev–Trinajstić information content (AvgIpc) is 2.71. The van der Waals surface area contributed by atoms with E-state index in [-0.39, 0.29) is 17.6 Å². The molecule has 1 heterocycles. The van der Waals surface area contributed by atoms with Gasteiger partial charge < -0.3 is 10.6 Å². The number of nitrogens with zero attached hydrogens (tertiary/aromatic N) is 2. The van der Waals surface area contributed by atoms with Gasteiger partial charge in [0.1, 0.15) is 0 Å². The lowest BCUT2D eigenvalue weighted by molar-refractivity contribution is 0.151. The van der Waals surface area contributed by atoms with Crippen LogP contribution < -0.4 is 5.73 Å². The molecule has 3 nitrogen and oxygen atoms in total. The van der Waals surface area contributed by atoms with E-state index < -0.39 is 6.43 Å². The summed E-state index contributed by atoms with van der Waals surface area (Å²) < 4.78 is 25.4. The predicted molar refractivity (Wildman–Crippen MR) is 67.6 cm³/mol. The summed E-state index contributed by atoms with van der Waals surface area (Å²) in [5, 5.41) is 0. The molecule has 0 saturated heterocycles. The number of benzene rings is 1. The lowest BCUT2D eigenvalue weighted by Gasteiger charge is -2.30. The largest absolute Gasteiger partial charge is 0.370 e. The first-order valence-corrected chi connectivity index (χ1v) is 5.97. The molecule has 0 bridgehead atoms. The highest BCUT2D eigenvalue weighted by molar-refractivity contribution is 5.80. The number of aliphatic imine (C=N–C) groups is 1. The zero-order valence-electron chi connectivity index (χ0n) is 10.5. The molecule has 1 aromatic carbocycles. The van der Waals surface area contributed by atoms with Crippen LogP contribution in [-0.2, 0) is 0 Å². The maximum absolute atomic E-state index is 12.7. The number of rotatable bonds is 3. The van der Waals surface area contributed by atoms with Gasteiger partial charge in [0.2, 0.25) is 0 Å². The van der Waals surface area contributed by atoms with Crippen LogP contribution in [0.25, 0.3) is 0 Å². The van der Waals surface area contributed by atoms with E-state index in [2.05, 4.69) is 4.99 Å². The summed E-state index contributed by atoms with van der Waals surface area (Å²) in [7, 11) is 0. The van der Waals surface area contributed by atoms with E-state index in [4.69, 9.17) is 5.73 Å². The monoisotopic (exact) mass is 253 g/mol. The Bertz CT molecular complexity index is 457. The fourth-order valence-electron chi connectivity index (χ4n) is 2.30. The molecule has 0 spiro atoms. The summed E-state index contributed by atoms with van der Waals surface area (Å²) >= 11 is 0. The topological polar surface area (TPSA) is 41.6 Å². The number of guanidine groups is 1. The third kappa shape index (κ3) is 2.30. The molecule has 5 heteroatoms. The van der Waals surface area contributed by atoms with Gasteiger partial charge in [-0.3, -0.25) is 4.99 Å². The molecule has 0 fully saturated rings. The van der Waals surface area contributed by atoms with Crippen molar-refractivity contribution in [2.75, 3.05) is 6.54 Å². The molecule has 0 radical (unpaired) electrons. The minimum absolute atomic E-state index is 0.0382. The van der Waals surface area contributed by atoms with Crippen LogP contribution in [-0.4, -0.2) is 23.4 Å². The van der Waals surface area contributed by atoms with Gasteiger partial charge in [-0.05, 0) is 25.5 Å². The third-order valence-corrected chi connectivity index (χ3v) is 3.13. The summed E-state index contributed by atoms with van der Waals surface area (Å²) in [5.74, 6) is 0.484. The zero-order chi connectivity index (χ0) is 13.3. The van der Waals surface area contributed by atoms with Gasteiger partial charge in [-0.2, -0.15) is 0 Å². The van der Waals surface area contributed by atoms with Crippen molar-refractivity contribution in [3.63, 3.8) is 0 Å². The third-order valence-electron chi connectivity index (χ3n) is 3.13. The van der Waals surface area contributed by atoms with Crippen molar-refractivity contribution >= 4 is 5.96 Å². The van der Waals surface area contributed by atoms with Crippen molar-refractivity contribution in [2.45, 2.75) is 32.4 Å². The van der Waals surface area contributed by atoms with Crippen LogP contribution >= 0.6 is 0 Å². The molecular weight excluding hydrogens is 236 g/mol. The number of halogens is 2. The van der Waals surface area contributed by atoms with E-state index in [9.17, 15) is 8.78 Å². The summed E-state index contributed by atoms with van der Waals surface area (Å²) in [5.41, 5.74) is 6.72. The van der Waals surface area contributed by atoms with Crippen molar-refractivity contribution in [3.8, 4) is 0 Å². The van der Waals surface area contributed by atoms with E-state index in [1.54, 1.807) is 12.1 Å². The Morgan fingerprint density at radius 3 is 2.72 bits per heavy atom. The molecular formula is C13H17F2N3. The normalized spacial score (nSPS) is 19.8. The zero-order valence-corrected chi connectivity index (χ0v) is 10.5. The van der Waals surface area contributed by atoms with Crippen LogP contribution in [0, 0.1) is 0 Å². The second kappa shape index (κ2) is 4.92. The maximum Gasteiger partial charge on any atom is 0.263 e. The first-order valence-electron chi connectivity index (χ1n) is 5.97. The van der Waals surface area contributed by atoms with Gasteiger partial charge >= 0.3 is 0 Å². The quantitative estimate of drug-likeness (QED) is 0.899. The molecule has 1 aliphatic heterocycles. The van der Waals surface area contributed by atoms with Gasteiger partial charge in [-0.1, -0.05) is 18.2 Å². The number of hydrogen-bond acceptors (Lipinski definition) is 3. The first kappa shape index (κ1) is 12.8. The highest BCUT2D eigenvalue weighted by Crippen LogP contribution is 2.30. The van der Waals surface area contributed by atoms with Gasteiger partial charge in [0.15, 0.2) is 5.96 Å². The van der Waals surface area contributed by atoms with Gasteiger partial charge in [-0.15, -0.1) is 0 Å². The molecule has 1 unspecified atom stereocenters. The van der Waals surface area contributed by atoms with Gasteiger partial charge in [0.25, 0.3) is 6.43 Å². The minimum atomic E-state index is -2.45. The first-order chi connectivity index (χ1) is 8.50. The van der Waals surface area contributed by atoms with Crippen LogP contribution in [0.1, 0.15) is 37.4 Å². The standard InChI is InChI=1S/C13H17F2N3/c1-8(2)18-11(7-17-13(18)16)9-4-3-5-10(6-9)12(14)15/h3-6,8,11-12H,7H2,1-2H3,(H2,16,17). The smallest absolute Gasteiger partial charge is 0.263 e. The molecule has 0 amide bonds. The molecule has 0 aliphatic carbocycles. The van der Waals surface area contributed by atoms with Gasteiger partial charge in [0, 0.05) is 11.6 Å². The van der Waals surface area contributed by atoms with Crippen LogP contribution in [0.5, 0.6) is 0 Å². The van der Waals surface area contributed by atoms with Crippen LogP contribution in [0.2, 0.25) is 0 Å². The summed E-state index contributed by atoms with van der Waals surface area (Å²) in [4.78, 5) is 6.17. The fourth-order valence-corrected chi connectivity index (χ4v) is 2.30. The molecule has 0 saturated carbocycles. The molecule has 1 aromatic rings. The van der Waals surface area contributed by atoms with Crippen LogP contribution in [0.3, 0.4) is 0 Å². The Labute approximate surface area is 105 Å². The number of hydrogen-bond donors (Lipinski definition) is 1. The molecule has 2 rings (SSSR count). The van der Waals surface area contributed by atoms with Gasteiger partial charge in [-0.25, -0.2) is 8.78 Å². The van der Waals surface area contributed by atoms with Crippen molar-refractivity contribution in [1.82, 2.24) is 4.90 Å². The second-order valence-electron chi connectivity index (χ2n) is 4.69. The number of nitrogens with two attached hydrogens (primary N) is 1. The Morgan fingerprint density at radius 1 is 1.39 bits per heavy atom. The van der Waals surface area contributed by atoms with Gasteiger partial charge in [0.05, 0.1) is 12.6 Å². The van der Waals surface area contributed by atoms with E-state index in [1.165, 1.54) is 6.07 Å². The molecule has 1 aliphatic rings. The Hall–Kier alpha value is -1.65.